The Morgan fingerprint density at radius 1 is 1.22 bits per heavy atom. The van der Waals surface area contributed by atoms with Gasteiger partial charge in [-0.1, -0.05) is 6.07 Å². The molecular weight excluding hydrogens is 369 g/mol. The minimum absolute atomic E-state index is 0.0282. The van der Waals surface area contributed by atoms with Gasteiger partial charge in [0.2, 0.25) is 0 Å². The number of aryl methyl sites for hydroxylation is 1. The average Bonchev–Trinajstić information content (AvgIpc) is 2.63. The predicted octanol–water partition coefficient (Wildman–Crippen LogP) is 2.37. The number of nitrogens with zero attached hydrogens (tertiary/aromatic N) is 1. The van der Waals surface area contributed by atoms with Crippen LogP contribution in [0.5, 0.6) is 0 Å². The van der Waals surface area contributed by atoms with Gasteiger partial charge in [0.15, 0.2) is 0 Å². The molecule has 1 aliphatic heterocycles. The van der Waals surface area contributed by atoms with Crippen LogP contribution in [-0.2, 0) is 10.0 Å². The number of piperazine rings is 1. The summed E-state index contributed by atoms with van der Waals surface area (Å²) in [5, 5.41) is 3.22. The van der Waals surface area contributed by atoms with E-state index in [0.29, 0.717) is 30.8 Å². The number of nitrogens with one attached hydrogen (secondary N) is 2. The van der Waals surface area contributed by atoms with Crippen molar-refractivity contribution < 1.29 is 17.6 Å². The van der Waals surface area contributed by atoms with Gasteiger partial charge in [0.25, 0.3) is 15.9 Å². The lowest BCUT2D eigenvalue weighted by atomic mass is 10.1. The molecule has 0 saturated carbocycles. The Labute approximate surface area is 158 Å². The van der Waals surface area contributed by atoms with E-state index >= 15 is 0 Å². The van der Waals surface area contributed by atoms with Gasteiger partial charge < -0.3 is 10.2 Å². The van der Waals surface area contributed by atoms with Crippen LogP contribution in [-0.4, -0.2) is 44.9 Å². The number of hydrogen-bond acceptors (Lipinski definition) is 4. The second kappa shape index (κ2) is 7.66. The van der Waals surface area contributed by atoms with E-state index in [-0.39, 0.29) is 22.5 Å². The molecule has 8 heteroatoms. The lowest BCUT2D eigenvalue weighted by molar-refractivity contribution is 0.0655. The van der Waals surface area contributed by atoms with Gasteiger partial charge in [0, 0.05) is 36.9 Å². The highest BCUT2D eigenvalue weighted by Crippen LogP contribution is 2.22. The fourth-order valence-electron chi connectivity index (χ4n) is 3.06. The molecule has 1 aliphatic rings. The van der Waals surface area contributed by atoms with Gasteiger partial charge in [-0.15, -0.1) is 0 Å². The number of sulfonamides is 1. The zero-order valence-electron chi connectivity index (χ0n) is 15.2. The molecule has 1 atom stereocenters. The summed E-state index contributed by atoms with van der Waals surface area (Å²) in [6, 6.07) is 9.75. The molecule has 6 nitrogen and oxygen atoms in total. The Bertz CT molecular complexity index is 945. The molecule has 144 valence electrons. The van der Waals surface area contributed by atoms with Crippen LogP contribution in [0.15, 0.2) is 47.4 Å². The molecule has 1 saturated heterocycles. The van der Waals surface area contributed by atoms with Crippen LogP contribution >= 0.6 is 0 Å². The van der Waals surface area contributed by atoms with E-state index in [1.54, 1.807) is 24.0 Å². The van der Waals surface area contributed by atoms with E-state index in [2.05, 4.69) is 10.0 Å². The van der Waals surface area contributed by atoms with Gasteiger partial charge in [-0.25, -0.2) is 12.8 Å². The SMILES string of the molecule is Cc1ccc(C(=O)N2CCNCC2C)cc1S(=O)(=O)Nc1ccc(F)cc1. The number of carbonyl (C=O) groups excluding carboxylic acids is 1. The Balaban J connectivity index is 1.90. The van der Waals surface area contributed by atoms with Crippen molar-refractivity contribution in [1.29, 1.82) is 0 Å². The molecule has 1 heterocycles. The Morgan fingerprint density at radius 2 is 1.93 bits per heavy atom. The summed E-state index contributed by atoms with van der Waals surface area (Å²) in [6.07, 6.45) is 0. The topological polar surface area (TPSA) is 78.5 Å². The summed E-state index contributed by atoms with van der Waals surface area (Å²) in [5.41, 5.74) is 1.10. The number of rotatable bonds is 4. The third-order valence-electron chi connectivity index (χ3n) is 4.58. The maximum Gasteiger partial charge on any atom is 0.262 e. The van der Waals surface area contributed by atoms with Crippen LogP contribution in [0.4, 0.5) is 10.1 Å². The molecule has 2 N–H and O–H groups in total. The molecule has 27 heavy (non-hydrogen) atoms. The predicted molar refractivity (Wildman–Crippen MR) is 102 cm³/mol. The lowest BCUT2D eigenvalue weighted by Gasteiger charge is -2.34. The molecule has 2 aromatic carbocycles. The number of halogens is 1. The first kappa shape index (κ1) is 19.3. The van der Waals surface area contributed by atoms with Gasteiger partial charge in [0.1, 0.15) is 5.82 Å². The van der Waals surface area contributed by atoms with Gasteiger partial charge in [0.05, 0.1) is 4.90 Å². The standard InChI is InChI=1S/C19H22FN3O3S/c1-13-3-4-15(19(24)23-10-9-21-12-14(23)2)11-18(13)27(25,26)22-17-7-5-16(20)6-8-17/h3-8,11,14,21-22H,9-10,12H2,1-2H3. The van der Waals surface area contributed by atoms with E-state index in [4.69, 9.17) is 0 Å². The van der Waals surface area contributed by atoms with Crippen molar-refractivity contribution in [3.8, 4) is 0 Å². The molecule has 1 unspecified atom stereocenters. The van der Waals surface area contributed by atoms with Crippen molar-refractivity contribution in [1.82, 2.24) is 10.2 Å². The largest absolute Gasteiger partial charge is 0.333 e. The average molecular weight is 391 g/mol. The van der Waals surface area contributed by atoms with Crippen molar-refractivity contribution in [2.75, 3.05) is 24.4 Å². The lowest BCUT2D eigenvalue weighted by Crippen LogP contribution is -2.52. The van der Waals surface area contributed by atoms with Crippen LogP contribution < -0.4 is 10.0 Å². The van der Waals surface area contributed by atoms with E-state index in [1.165, 1.54) is 30.3 Å². The summed E-state index contributed by atoms with van der Waals surface area (Å²) in [7, 11) is -3.91. The van der Waals surface area contributed by atoms with E-state index in [1.807, 2.05) is 6.92 Å². The van der Waals surface area contributed by atoms with E-state index in [0.717, 1.165) is 0 Å². The minimum Gasteiger partial charge on any atom is -0.333 e. The summed E-state index contributed by atoms with van der Waals surface area (Å²) >= 11 is 0. The van der Waals surface area contributed by atoms with Crippen molar-refractivity contribution in [3.63, 3.8) is 0 Å². The number of carbonyl (C=O) groups is 1. The molecular formula is C19H22FN3O3S. The summed E-state index contributed by atoms with van der Waals surface area (Å²) in [4.78, 5) is 14.6. The fourth-order valence-corrected chi connectivity index (χ4v) is 4.39. The molecule has 0 spiro atoms. The summed E-state index contributed by atoms with van der Waals surface area (Å²) in [6.45, 7) is 5.60. The number of amides is 1. The van der Waals surface area contributed by atoms with Gasteiger partial charge >= 0.3 is 0 Å². The monoisotopic (exact) mass is 391 g/mol. The van der Waals surface area contributed by atoms with E-state index < -0.39 is 15.8 Å². The minimum atomic E-state index is -3.91. The Hall–Kier alpha value is -2.45. The molecule has 0 bridgehead atoms. The Kier molecular flexibility index (Phi) is 5.48. The number of benzene rings is 2. The molecule has 3 rings (SSSR count). The zero-order valence-corrected chi connectivity index (χ0v) is 16.0. The summed E-state index contributed by atoms with van der Waals surface area (Å²) in [5.74, 6) is -0.644. The third kappa shape index (κ3) is 4.28. The zero-order chi connectivity index (χ0) is 19.6. The number of hydrogen-bond donors (Lipinski definition) is 2. The first-order valence-corrected chi connectivity index (χ1v) is 10.2. The molecule has 0 aromatic heterocycles. The van der Waals surface area contributed by atoms with Gasteiger partial charge in [-0.05, 0) is 55.8 Å². The quantitative estimate of drug-likeness (QED) is 0.839. The normalized spacial score (nSPS) is 17.6. The van der Waals surface area contributed by atoms with Gasteiger partial charge in [-0.3, -0.25) is 9.52 Å². The second-order valence-electron chi connectivity index (χ2n) is 6.64. The highest BCUT2D eigenvalue weighted by molar-refractivity contribution is 7.92. The smallest absolute Gasteiger partial charge is 0.262 e. The van der Waals surface area contributed by atoms with Crippen LogP contribution in [0.2, 0.25) is 0 Å². The highest BCUT2D eigenvalue weighted by atomic mass is 32.2. The number of anilines is 1. The molecule has 1 amide bonds. The van der Waals surface area contributed by atoms with Crippen LogP contribution in [0.3, 0.4) is 0 Å². The van der Waals surface area contributed by atoms with Crippen molar-refractivity contribution >= 4 is 21.6 Å². The van der Waals surface area contributed by atoms with Gasteiger partial charge in [-0.2, -0.15) is 0 Å². The molecule has 0 aliphatic carbocycles. The Morgan fingerprint density at radius 3 is 2.59 bits per heavy atom. The summed E-state index contributed by atoms with van der Waals surface area (Å²) < 4.78 is 41.0. The molecule has 0 radical (unpaired) electrons. The molecule has 2 aromatic rings. The third-order valence-corrected chi connectivity index (χ3v) is 6.11. The first-order valence-electron chi connectivity index (χ1n) is 8.68. The van der Waals surface area contributed by atoms with Crippen LogP contribution in [0, 0.1) is 12.7 Å². The first-order chi connectivity index (χ1) is 12.8. The second-order valence-corrected chi connectivity index (χ2v) is 8.30. The van der Waals surface area contributed by atoms with Crippen molar-refractivity contribution in [3.05, 3.63) is 59.4 Å². The maximum atomic E-state index is 13.0. The maximum absolute atomic E-state index is 13.0. The highest BCUT2D eigenvalue weighted by Gasteiger charge is 2.26. The van der Waals surface area contributed by atoms with Crippen molar-refractivity contribution in [2.24, 2.45) is 0 Å². The van der Waals surface area contributed by atoms with Crippen molar-refractivity contribution in [2.45, 2.75) is 24.8 Å². The van der Waals surface area contributed by atoms with Crippen LogP contribution in [0.25, 0.3) is 0 Å². The molecule has 1 fully saturated rings. The van der Waals surface area contributed by atoms with E-state index in [9.17, 15) is 17.6 Å². The van der Waals surface area contributed by atoms with Crippen LogP contribution in [0.1, 0.15) is 22.8 Å². The fraction of sp³-hybridized carbons (Fsp3) is 0.316.